The predicted octanol–water partition coefficient (Wildman–Crippen LogP) is 0.305. The van der Waals surface area contributed by atoms with E-state index in [4.69, 9.17) is 10.8 Å². The zero-order valence-corrected chi connectivity index (χ0v) is 5.02. The summed E-state index contributed by atoms with van der Waals surface area (Å²) in [6.45, 7) is 2.52. The maximum absolute atomic E-state index is 8.08. The standard InChI is InChI=1S/C6H11NO/c1-2-6(5-7)3-4-8/h6,8H,2,5,7H2,1H3. The van der Waals surface area contributed by atoms with Crippen molar-refractivity contribution >= 4 is 0 Å². The second kappa shape index (κ2) is 4.48. The zero-order valence-electron chi connectivity index (χ0n) is 5.02. The normalized spacial score (nSPS) is 11.8. The number of hydrogen-bond acceptors (Lipinski definition) is 2. The van der Waals surface area contributed by atoms with Crippen LogP contribution in [-0.4, -0.2) is 11.7 Å². The summed E-state index contributed by atoms with van der Waals surface area (Å²) in [5.74, 6) is 2.73. The highest BCUT2D eigenvalue weighted by atomic mass is 16.2. The first-order valence-corrected chi connectivity index (χ1v) is 2.69. The number of aliphatic hydroxyl groups is 1. The summed E-state index contributed by atoms with van der Waals surface area (Å²) in [5.41, 5.74) is 5.26. The molecule has 0 spiro atoms. The maximum atomic E-state index is 8.08. The molecular weight excluding hydrogens is 102 g/mol. The Hall–Kier alpha value is -0.680. The number of nitrogens with two attached hydrogens (primary N) is 1. The fourth-order valence-corrected chi connectivity index (χ4v) is 0.419. The van der Waals surface area contributed by atoms with Crippen molar-refractivity contribution in [1.29, 1.82) is 0 Å². The molecular formula is C6H11NO. The second-order valence-corrected chi connectivity index (χ2v) is 1.60. The summed E-state index contributed by atoms with van der Waals surface area (Å²) >= 11 is 0. The average Bonchev–Trinajstić information content (AvgIpc) is 1.83. The lowest BCUT2D eigenvalue weighted by atomic mass is 10.1. The smallest absolute Gasteiger partial charge is 0.107 e. The minimum absolute atomic E-state index is 0.167. The Bertz CT molecular complexity index is 96.8. The van der Waals surface area contributed by atoms with Crippen LogP contribution in [0.15, 0.2) is 0 Å². The van der Waals surface area contributed by atoms with Crippen LogP contribution in [0.2, 0.25) is 0 Å². The summed E-state index contributed by atoms with van der Waals surface area (Å²) in [6.07, 6.45) is 2.75. The van der Waals surface area contributed by atoms with E-state index in [0.717, 1.165) is 6.42 Å². The fraction of sp³-hybridized carbons (Fsp3) is 0.667. The molecule has 0 fully saturated rings. The van der Waals surface area contributed by atoms with Crippen LogP contribution < -0.4 is 5.73 Å². The van der Waals surface area contributed by atoms with Crippen LogP contribution in [0.25, 0.3) is 0 Å². The quantitative estimate of drug-likeness (QED) is 0.506. The molecule has 0 heterocycles. The molecule has 0 saturated heterocycles. The molecule has 2 heteroatoms. The largest absolute Gasteiger partial charge is 0.462 e. The average molecular weight is 113 g/mol. The molecule has 0 aliphatic heterocycles. The van der Waals surface area contributed by atoms with E-state index in [9.17, 15) is 0 Å². The molecule has 0 aromatic carbocycles. The number of rotatable bonds is 2. The lowest BCUT2D eigenvalue weighted by molar-refractivity contribution is 0.511. The van der Waals surface area contributed by atoms with Crippen LogP contribution in [-0.2, 0) is 0 Å². The van der Waals surface area contributed by atoms with E-state index < -0.39 is 0 Å². The highest BCUT2D eigenvalue weighted by Gasteiger charge is 1.95. The van der Waals surface area contributed by atoms with Crippen LogP contribution >= 0.6 is 0 Å². The van der Waals surface area contributed by atoms with Gasteiger partial charge in [-0.15, -0.1) is 0 Å². The van der Waals surface area contributed by atoms with Gasteiger partial charge in [0.2, 0.25) is 0 Å². The first-order chi connectivity index (χ1) is 3.85. The third kappa shape index (κ3) is 2.49. The molecule has 0 aliphatic rings. The van der Waals surface area contributed by atoms with Crippen LogP contribution in [0.5, 0.6) is 0 Å². The van der Waals surface area contributed by atoms with E-state index in [0.29, 0.717) is 6.54 Å². The van der Waals surface area contributed by atoms with Gasteiger partial charge in [0, 0.05) is 12.5 Å². The third-order valence-electron chi connectivity index (χ3n) is 1.05. The van der Waals surface area contributed by atoms with E-state index in [1.807, 2.05) is 13.0 Å². The summed E-state index contributed by atoms with van der Waals surface area (Å²) in [5, 5.41) is 8.08. The van der Waals surface area contributed by atoms with Crippen molar-refractivity contribution in [3.05, 3.63) is 0 Å². The molecule has 46 valence electrons. The molecule has 2 nitrogen and oxygen atoms in total. The summed E-state index contributed by atoms with van der Waals surface area (Å²) < 4.78 is 0. The maximum Gasteiger partial charge on any atom is 0.107 e. The van der Waals surface area contributed by atoms with Gasteiger partial charge in [-0.3, -0.25) is 0 Å². The topological polar surface area (TPSA) is 46.2 Å². The zero-order chi connectivity index (χ0) is 6.41. The van der Waals surface area contributed by atoms with Crippen molar-refractivity contribution in [2.45, 2.75) is 13.3 Å². The lowest BCUT2D eigenvalue weighted by Gasteiger charge is -1.98. The van der Waals surface area contributed by atoms with E-state index in [2.05, 4.69) is 5.92 Å². The van der Waals surface area contributed by atoms with Crippen LogP contribution in [0.4, 0.5) is 0 Å². The van der Waals surface area contributed by atoms with Gasteiger partial charge in [0.05, 0.1) is 0 Å². The van der Waals surface area contributed by atoms with Crippen LogP contribution in [0.1, 0.15) is 13.3 Å². The number of hydrogen-bond donors (Lipinski definition) is 2. The number of aliphatic hydroxyl groups excluding tert-OH is 1. The molecule has 0 aromatic rings. The van der Waals surface area contributed by atoms with Crippen molar-refractivity contribution in [2.24, 2.45) is 11.7 Å². The van der Waals surface area contributed by atoms with Gasteiger partial charge in [-0.25, -0.2) is 0 Å². The monoisotopic (exact) mass is 113 g/mol. The Balaban J connectivity index is 3.47. The van der Waals surface area contributed by atoms with Crippen molar-refractivity contribution in [3.63, 3.8) is 0 Å². The van der Waals surface area contributed by atoms with Gasteiger partial charge in [-0.05, 0) is 6.42 Å². The van der Waals surface area contributed by atoms with E-state index >= 15 is 0 Å². The van der Waals surface area contributed by atoms with Gasteiger partial charge in [0.15, 0.2) is 0 Å². The molecule has 0 amide bonds. The van der Waals surface area contributed by atoms with Crippen molar-refractivity contribution < 1.29 is 5.11 Å². The Morgan fingerprint density at radius 3 is 2.50 bits per heavy atom. The molecule has 0 aromatic heterocycles. The Morgan fingerprint density at radius 2 is 2.38 bits per heavy atom. The third-order valence-corrected chi connectivity index (χ3v) is 1.05. The van der Waals surface area contributed by atoms with Crippen molar-refractivity contribution in [1.82, 2.24) is 0 Å². The summed E-state index contributed by atoms with van der Waals surface area (Å²) in [4.78, 5) is 0. The SMILES string of the molecule is CCC(C#CO)CN. The van der Waals surface area contributed by atoms with Gasteiger partial charge >= 0.3 is 0 Å². The van der Waals surface area contributed by atoms with Crippen LogP contribution in [0.3, 0.4) is 0 Å². The predicted molar refractivity (Wildman–Crippen MR) is 32.5 cm³/mol. The Labute approximate surface area is 49.7 Å². The molecule has 3 N–H and O–H groups in total. The van der Waals surface area contributed by atoms with E-state index in [1.165, 1.54) is 0 Å². The molecule has 1 unspecified atom stereocenters. The lowest BCUT2D eigenvalue weighted by Crippen LogP contribution is -2.10. The first kappa shape index (κ1) is 7.32. The molecule has 1 atom stereocenters. The minimum Gasteiger partial charge on any atom is -0.462 e. The van der Waals surface area contributed by atoms with Crippen molar-refractivity contribution in [2.75, 3.05) is 6.54 Å². The van der Waals surface area contributed by atoms with E-state index in [1.54, 1.807) is 0 Å². The second-order valence-electron chi connectivity index (χ2n) is 1.60. The highest BCUT2D eigenvalue weighted by Crippen LogP contribution is 1.94. The van der Waals surface area contributed by atoms with E-state index in [-0.39, 0.29) is 5.92 Å². The van der Waals surface area contributed by atoms with Gasteiger partial charge < -0.3 is 10.8 Å². The van der Waals surface area contributed by atoms with Crippen molar-refractivity contribution in [3.8, 4) is 12.0 Å². The minimum atomic E-state index is 0.167. The fourth-order valence-electron chi connectivity index (χ4n) is 0.419. The first-order valence-electron chi connectivity index (χ1n) is 2.69. The Kier molecular flexibility index (Phi) is 4.10. The van der Waals surface area contributed by atoms with Gasteiger partial charge in [-0.2, -0.15) is 0 Å². The van der Waals surface area contributed by atoms with Gasteiger partial charge in [0.25, 0.3) is 0 Å². The molecule has 0 rings (SSSR count). The highest BCUT2D eigenvalue weighted by molar-refractivity contribution is 4.96. The van der Waals surface area contributed by atoms with Gasteiger partial charge in [0.1, 0.15) is 6.11 Å². The van der Waals surface area contributed by atoms with Gasteiger partial charge in [-0.1, -0.05) is 12.8 Å². The summed E-state index contributed by atoms with van der Waals surface area (Å²) in [6, 6.07) is 0. The Morgan fingerprint density at radius 1 is 1.75 bits per heavy atom. The van der Waals surface area contributed by atoms with Crippen LogP contribution in [0, 0.1) is 17.9 Å². The molecule has 0 saturated carbocycles. The molecule has 0 aliphatic carbocycles. The molecule has 8 heavy (non-hydrogen) atoms. The molecule has 0 radical (unpaired) electrons. The summed E-state index contributed by atoms with van der Waals surface area (Å²) in [7, 11) is 0. The molecule has 0 bridgehead atoms.